The van der Waals surface area contributed by atoms with E-state index in [4.69, 9.17) is 0 Å². The lowest BCUT2D eigenvalue weighted by atomic mass is 9.85. The van der Waals surface area contributed by atoms with Gasteiger partial charge in [-0.05, 0) is 54.2 Å². The van der Waals surface area contributed by atoms with Crippen molar-refractivity contribution < 1.29 is 23.6 Å². The van der Waals surface area contributed by atoms with E-state index >= 15 is 0 Å². The van der Waals surface area contributed by atoms with Crippen LogP contribution in [0.5, 0.6) is 0 Å². The Labute approximate surface area is 194 Å². The van der Waals surface area contributed by atoms with E-state index in [9.17, 15) is 23.6 Å². The van der Waals surface area contributed by atoms with E-state index in [0.29, 0.717) is 33.0 Å². The number of hydrogen-bond donors (Lipinski definition) is 1. The highest BCUT2D eigenvalue weighted by Gasteiger charge is 2.43. The molecule has 32 heavy (non-hydrogen) atoms. The summed E-state index contributed by atoms with van der Waals surface area (Å²) in [5.74, 6) is -3.04. The van der Waals surface area contributed by atoms with Crippen LogP contribution >= 0.6 is 15.9 Å². The molecular weight excluding hydrogens is 482 g/mol. The van der Waals surface area contributed by atoms with Gasteiger partial charge in [0.25, 0.3) is 11.8 Å². The number of amides is 2. The van der Waals surface area contributed by atoms with Gasteiger partial charge in [-0.25, -0.2) is 8.78 Å². The summed E-state index contributed by atoms with van der Waals surface area (Å²) in [5.41, 5.74) is 0.243. The summed E-state index contributed by atoms with van der Waals surface area (Å²) in [5, 5.41) is 10.7. The lowest BCUT2D eigenvalue weighted by Crippen LogP contribution is -2.35. The van der Waals surface area contributed by atoms with Crippen LogP contribution in [-0.4, -0.2) is 33.5 Å². The number of hydrogen-bond acceptors (Lipinski definition) is 3. The van der Waals surface area contributed by atoms with Gasteiger partial charge in [-0.1, -0.05) is 60.2 Å². The minimum Gasteiger partial charge on any atom is -0.302 e. The number of rotatable bonds is 5. The fourth-order valence-corrected chi connectivity index (χ4v) is 5.13. The number of aryl methyl sites for hydroxylation is 1. The largest absolute Gasteiger partial charge is 0.302 e. The Bertz CT molecular complexity index is 1000. The van der Waals surface area contributed by atoms with Crippen LogP contribution in [0.3, 0.4) is 0 Å². The fraction of sp³-hybridized carbons (Fsp3) is 0.417. The van der Waals surface area contributed by atoms with Crippen molar-refractivity contribution in [1.82, 2.24) is 9.96 Å². The second-order valence-electron chi connectivity index (χ2n) is 8.58. The number of carbonyl (C=O) groups is 2. The molecule has 1 atom stereocenters. The predicted octanol–water partition coefficient (Wildman–Crippen LogP) is 5.61. The van der Waals surface area contributed by atoms with Gasteiger partial charge in [-0.3, -0.25) is 14.8 Å². The summed E-state index contributed by atoms with van der Waals surface area (Å²) in [6, 6.07) is 9.11. The van der Waals surface area contributed by atoms with Crippen molar-refractivity contribution in [3.8, 4) is 0 Å². The molecule has 2 amide bonds. The number of halogens is 3. The van der Waals surface area contributed by atoms with Crippen LogP contribution in [-0.2, 0) is 11.2 Å². The van der Waals surface area contributed by atoms with Gasteiger partial charge in [0.05, 0.1) is 0 Å². The molecule has 0 radical (unpaired) electrons. The first kappa shape index (κ1) is 22.9. The van der Waals surface area contributed by atoms with E-state index in [1.165, 1.54) is 31.4 Å². The van der Waals surface area contributed by atoms with Gasteiger partial charge in [0.15, 0.2) is 6.17 Å². The average molecular weight is 507 g/mol. The first-order valence-corrected chi connectivity index (χ1v) is 11.7. The predicted molar refractivity (Wildman–Crippen MR) is 118 cm³/mol. The second kappa shape index (κ2) is 9.67. The van der Waals surface area contributed by atoms with Gasteiger partial charge in [0.1, 0.15) is 23.7 Å². The summed E-state index contributed by atoms with van der Waals surface area (Å²) in [6.45, 7) is -0.477. The minimum atomic E-state index is -1.17. The van der Waals surface area contributed by atoms with Crippen molar-refractivity contribution >= 4 is 27.7 Å². The molecule has 170 valence electrons. The van der Waals surface area contributed by atoms with E-state index < -0.39 is 41.7 Å². The highest BCUT2D eigenvalue weighted by Crippen LogP contribution is 2.33. The zero-order valence-corrected chi connectivity index (χ0v) is 19.2. The molecule has 0 bridgehead atoms. The molecule has 1 unspecified atom stereocenters. The second-order valence-corrected chi connectivity index (χ2v) is 9.49. The fourth-order valence-electron chi connectivity index (χ4n) is 4.71. The first-order valence-electron chi connectivity index (χ1n) is 10.9. The first-order chi connectivity index (χ1) is 15.3. The number of nitrogens with zero attached hydrogens (tertiary/aromatic N) is 2. The summed E-state index contributed by atoms with van der Waals surface area (Å²) in [6.07, 6.45) is 6.22. The van der Waals surface area contributed by atoms with Crippen molar-refractivity contribution in [2.75, 3.05) is 6.54 Å². The van der Waals surface area contributed by atoms with E-state index in [2.05, 4.69) is 15.9 Å². The Morgan fingerprint density at radius 2 is 1.78 bits per heavy atom. The molecule has 0 aromatic heterocycles. The Kier molecular flexibility index (Phi) is 6.90. The third-order valence-electron chi connectivity index (χ3n) is 6.38. The van der Waals surface area contributed by atoms with Crippen LogP contribution in [0.15, 0.2) is 40.9 Å². The number of hydroxylamine groups is 2. The summed E-state index contributed by atoms with van der Waals surface area (Å²) < 4.78 is 30.5. The standard InChI is InChI=1S/C24H25BrF2N2O3/c25-18-8-4-7-17(13-18)23-28(14-21(30)29(23)32)24(31)22-19(26)11-16(12-20(22)27)10-9-15-5-2-1-3-6-15/h4,7-8,11-13,15,23,32H,1-3,5-6,9-10,14H2. The van der Waals surface area contributed by atoms with Crippen molar-refractivity contribution in [1.29, 1.82) is 0 Å². The summed E-state index contributed by atoms with van der Waals surface area (Å²) >= 11 is 3.31. The van der Waals surface area contributed by atoms with E-state index in [-0.39, 0.29) is 0 Å². The van der Waals surface area contributed by atoms with Gasteiger partial charge in [0.2, 0.25) is 0 Å². The molecule has 2 aromatic carbocycles. The van der Waals surface area contributed by atoms with Gasteiger partial charge >= 0.3 is 0 Å². The average Bonchev–Trinajstić information content (AvgIpc) is 3.07. The third-order valence-corrected chi connectivity index (χ3v) is 6.87. The highest BCUT2D eigenvalue weighted by molar-refractivity contribution is 9.10. The molecule has 1 N–H and O–H groups in total. The SMILES string of the molecule is O=C1CN(C(=O)c2c(F)cc(CCC3CCCCC3)cc2F)C(c2cccc(Br)c2)N1O. The smallest absolute Gasteiger partial charge is 0.267 e. The molecule has 1 aliphatic carbocycles. The van der Waals surface area contributed by atoms with Crippen molar-refractivity contribution in [3.05, 3.63) is 69.2 Å². The Morgan fingerprint density at radius 1 is 1.09 bits per heavy atom. The molecule has 4 rings (SSSR count). The van der Waals surface area contributed by atoms with E-state index in [1.807, 2.05) is 0 Å². The minimum absolute atomic E-state index is 0.425. The Morgan fingerprint density at radius 3 is 2.44 bits per heavy atom. The zero-order chi connectivity index (χ0) is 22.8. The van der Waals surface area contributed by atoms with Crippen LogP contribution in [0.2, 0.25) is 0 Å². The van der Waals surface area contributed by atoms with Crippen molar-refractivity contribution in [3.63, 3.8) is 0 Å². The molecule has 1 heterocycles. The maximum absolute atomic E-state index is 14.9. The van der Waals surface area contributed by atoms with E-state index in [0.717, 1.165) is 24.2 Å². The van der Waals surface area contributed by atoms with Gasteiger partial charge in [-0.15, -0.1) is 0 Å². The summed E-state index contributed by atoms with van der Waals surface area (Å²) in [7, 11) is 0. The molecule has 2 fully saturated rings. The van der Waals surface area contributed by atoms with E-state index in [1.54, 1.807) is 24.3 Å². The lowest BCUT2D eigenvalue weighted by molar-refractivity contribution is -0.168. The number of benzene rings is 2. The molecule has 0 spiro atoms. The molecule has 1 saturated carbocycles. The topological polar surface area (TPSA) is 60.9 Å². The van der Waals surface area contributed by atoms with Crippen LogP contribution < -0.4 is 0 Å². The van der Waals surface area contributed by atoms with Crippen LogP contribution in [0.25, 0.3) is 0 Å². The van der Waals surface area contributed by atoms with Crippen LogP contribution in [0.4, 0.5) is 8.78 Å². The lowest BCUT2D eigenvalue weighted by Gasteiger charge is -2.27. The third kappa shape index (κ3) is 4.71. The maximum Gasteiger partial charge on any atom is 0.267 e. The van der Waals surface area contributed by atoms with Gasteiger partial charge in [0, 0.05) is 4.47 Å². The van der Waals surface area contributed by atoms with Crippen LogP contribution in [0, 0.1) is 17.6 Å². The summed E-state index contributed by atoms with van der Waals surface area (Å²) in [4.78, 5) is 26.2. The molecule has 8 heteroatoms. The van der Waals surface area contributed by atoms with Gasteiger partial charge < -0.3 is 4.90 Å². The van der Waals surface area contributed by atoms with Crippen molar-refractivity contribution in [2.24, 2.45) is 5.92 Å². The Balaban J connectivity index is 1.56. The van der Waals surface area contributed by atoms with Crippen LogP contribution in [0.1, 0.15) is 66.2 Å². The molecule has 1 saturated heterocycles. The van der Waals surface area contributed by atoms with Crippen molar-refractivity contribution in [2.45, 2.75) is 51.1 Å². The molecule has 2 aromatic rings. The highest BCUT2D eigenvalue weighted by atomic mass is 79.9. The Hall–Kier alpha value is -2.32. The normalized spacial score (nSPS) is 19.6. The van der Waals surface area contributed by atoms with Gasteiger partial charge in [-0.2, -0.15) is 5.06 Å². The monoisotopic (exact) mass is 506 g/mol. The zero-order valence-electron chi connectivity index (χ0n) is 17.6. The quantitative estimate of drug-likeness (QED) is 0.535. The number of carbonyl (C=O) groups excluding carboxylic acids is 2. The molecule has 5 nitrogen and oxygen atoms in total. The molecule has 1 aliphatic heterocycles. The maximum atomic E-state index is 14.9. The molecule has 2 aliphatic rings. The molecular formula is C24H25BrF2N2O3.